The molecule has 1 atom stereocenters. The van der Waals surface area contributed by atoms with Crippen LogP contribution in [-0.2, 0) is 14.3 Å². The van der Waals surface area contributed by atoms with Crippen molar-refractivity contribution < 1.29 is 28.7 Å². The smallest absolute Gasteiger partial charge is 0.414 e. The summed E-state index contributed by atoms with van der Waals surface area (Å²) in [7, 11) is 0. The SMILES string of the molecule is O=C(C1CCC1)N(O)CC1CN(c2ccc(N3CCOCC3)c(F)c2)C(=O)O1. The van der Waals surface area contributed by atoms with Crippen LogP contribution in [0.4, 0.5) is 20.6 Å². The van der Waals surface area contributed by atoms with Gasteiger partial charge in [0, 0.05) is 19.0 Å². The molecule has 1 unspecified atom stereocenters. The van der Waals surface area contributed by atoms with E-state index in [0.29, 0.717) is 42.7 Å². The van der Waals surface area contributed by atoms with Crippen molar-refractivity contribution in [1.82, 2.24) is 5.06 Å². The van der Waals surface area contributed by atoms with E-state index < -0.39 is 18.0 Å². The summed E-state index contributed by atoms with van der Waals surface area (Å²) in [5.41, 5.74) is 0.862. The van der Waals surface area contributed by atoms with E-state index >= 15 is 0 Å². The summed E-state index contributed by atoms with van der Waals surface area (Å²) in [5, 5.41) is 10.6. The first kappa shape index (κ1) is 18.9. The molecule has 28 heavy (non-hydrogen) atoms. The number of hydroxylamine groups is 2. The first-order valence-corrected chi connectivity index (χ1v) is 9.63. The predicted octanol–water partition coefficient (Wildman–Crippen LogP) is 2.01. The van der Waals surface area contributed by atoms with E-state index in [1.165, 1.54) is 11.0 Å². The van der Waals surface area contributed by atoms with Crippen molar-refractivity contribution in [2.24, 2.45) is 5.92 Å². The van der Waals surface area contributed by atoms with Gasteiger partial charge in [-0.2, -0.15) is 0 Å². The molecule has 1 N–H and O–H groups in total. The molecule has 0 radical (unpaired) electrons. The first-order chi connectivity index (χ1) is 13.5. The minimum absolute atomic E-state index is 0.0914. The number of cyclic esters (lactones) is 1. The van der Waals surface area contributed by atoms with Crippen LogP contribution >= 0.6 is 0 Å². The van der Waals surface area contributed by atoms with Crippen molar-refractivity contribution in [3.8, 4) is 0 Å². The van der Waals surface area contributed by atoms with Gasteiger partial charge in [-0.05, 0) is 31.0 Å². The molecule has 3 fully saturated rings. The molecule has 1 aromatic carbocycles. The maximum absolute atomic E-state index is 14.6. The third kappa shape index (κ3) is 3.77. The van der Waals surface area contributed by atoms with Gasteiger partial charge in [-0.15, -0.1) is 0 Å². The number of amides is 2. The number of carbonyl (C=O) groups is 2. The molecule has 3 aliphatic rings. The number of morpholine rings is 1. The third-order valence-corrected chi connectivity index (χ3v) is 5.55. The Labute approximate surface area is 162 Å². The first-order valence-electron chi connectivity index (χ1n) is 9.63. The van der Waals surface area contributed by atoms with Crippen LogP contribution in [0.15, 0.2) is 18.2 Å². The molecule has 1 saturated carbocycles. The second-order valence-corrected chi connectivity index (χ2v) is 7.40. The highest BCUT2D eigenvalue weighted by atomic mass is 19.1. The van der Waals surface area contributed by atoms with E-state index in [-0.39, 0.29) is 24.9 Å². The monoisotopic (exact) mass is 393 g/mol. The quantitative estimate of drug-likeness (QED) is 0.609. The van der Waals surface area contributed by atoms with Gasteiger partial charge < -0.3 is 14.4 Å². The largest absolute Gasteiger partial charge is 0.442 e. The molecule has 1 aromatic rings. The summed E-state index contributed by atoms with van der Waals surface area (Å²) in [4.78, 5) is 27.5. The Morgan fingerprint density at radius 3 is 2.68 bits per heavy atom. The van der Waals surface area contributed by atoms with Crippen LogP contribution < -0.4 is 9.80 Å². The van der Waals surface area contributed by atoms with Crippen molar-refractivity contribution in [3.05, 3.63) is 24.0 Å². The van der Waals surface area contributed by atoms with Crippen LogP contribution in [0.25, 0.3) is 0 Å². The van der Waals surface area contributed by atoms with Gasteiger partial charge in [0.15, 0.2) is 0 Å². The number of ether oxygens (including phenoxy) is 2. The molecule has 2 amide bonds. The highest BCUT2D eigenvalue weighted by Gasteiger charge is 2.36. The molecule has 2 aliphatic heterocycles. The Balaban J connectivity index is 1.39. The van der Waals surface area contributed by atoms with Gasteiger partial charge in [-0.1, -0.05) is 6.42 Å². The Morgan fingerprint density at radius 2 is 2.04 bits per heavy atom. The van der Waals surface area contributed by atoms with Crippen LogP contribution in [0, 0.1) is 11.7 Å². The van der Waals surface area contributed by atoms with Crippen molar-refractivity contribution in [1.29, 1.82) is 0 Å². The molecule has 4 rings (SSSR count). The van der Waals surface area contributed by atoms with Gasteiger partial charge in [0.2, 0.25) is 5.91 Å². The number of benzene rings is 1. The second kappa shape index (κ2) is 7.92. The lowest BCUT2D eigenvalue weighted by molar-refractivity contribution is -0.177. The van der Waals surface area contributed by atoms with Crippen LogP contribution in [0.5, 0.6) is 0 Å². The standard InChI is InChI=1S/C19H24FN3O5/c20-16-10-14(4-5-17(16)21-6-8-27-9-7-21)22-11-15(28-19(22)25)12-23(26)18(24)13-2-1-3-13/h4-5,10,13,15,26H,1-3,6-9,11-12H2. The van der Waals surface area contributed by atoms with E-state index in [9.17, 15) is 19.2 Å². The molecule has 8 nitrogen and oxygen atoms in total. The summed E-state index contributed by atoms with van der Waals surface area (Å²) < 4.78 is 25.1. The lowest BCUT2D eigenvalue weighted by atomic mass is 9.84. The fourth-order valence-corrected chi connectivity index (χ4v) is 3.70. The second-order valence-electron chi connectivity index (χ2n) is 7.40. The number of anilines is 2. The molecule has 1 aliphatic carbocycles. The zero-order chi connectivity index (χ0) is 19.7. The molecular weight excluding hydrogens is 369 g/mol. The number of rotatable bonds is 5. The summed E-state index contributed by atoms with van der Waals surface area (Å²) >= 11 is 0. The number of nitrogens with zero attached hydrogens (tertiary/aromatic N) is 3. The van der Waals surface area contributed by atoms with E-state index in [0.717, 1.165) is 19.3 Å². The van der Waals surface area contributed by atoms with Crippen LogP contribution in [0.3, 0.4) is 0 Å². The lowest BCUT2D eigenvalue weighted by Crippen LogP contribution is -2.41. The van der Waals surface area contributed by atoms with Crippen LogP contribution in [-0.4, -0.2) is 67.8 Å². The van der Waals surface area contributed by atoms with Crippen molar-refractivity contribution >= 4 is 23.4 Å². The fraction of sp³-hybridized carbons (Fsp3) is 0.579. The number of carbonyl (C=O) groups excluding carboxylic acids is 2. The maximum Gasteiger partial charge on any atom is 0.414 e. The fourth-order valence-electron chi connectivity index (χ4n) is 3.70. The summed E-state index contributed by atoms with van der Waals surface area (Å²) in [5.74, 6) is -0.888. The Hall–Kier alpha value is -2.39. The summed E-state index contributed by atoms with van der Waals surface area (Å²) in [6, 6.07) is 4.63. The lowest BCUT2D eigenvalue weighted by Gasteiger charge is -2.29. The highest BCUT2D eigenvalue weighted by Crippen LogP contribution is 2.30. The summed E-state index contributed by atoms with van der Waals surface area (Å²) in [6.45, 7) is 2.39. The van der Waals surface area contributed by atoms with Gasteiger partial charge >= 0.3 is 6.09 Å². The van der Waals surface area contributed by atoms with E-state index in [2.05, 4.69) is 0 Å². The van der Waals surface area contributed by atoms with Crippen LogP contribution in [0.1, 0.15) is 19.3 Å². The van der Waals surface area contributed by atoms with E-state index in [4.69, 9.17) is 9.47 Å². The number of hydrogen-bond donors (Lipinski definition) is 1. The minimum Gasteiger partial charge on any atom is -0.442 e. The average molecular weight is 393 g/mol. The normalized spacial score (nSPS) is 22.8. The Bertz CT molecular complexity index is 751. The Kier molecular flexibility index (Phi) is 5.36. The zero-order valence-corrected chi connectivity index (χ0v) is 15.6. The van der Waals surface area contributed by atoms with Crippen molar-refractivity contribution in [3.63, 3.8) is 0 Å². The molecule has 2 saturated heterocycles. The van der Waals surface area contributed by atoms with Crippen molar-refractivity contribution in [2.75, 3.05) is 49.2 Å². The van der Waals surface area contributed by atoms with Gasteiger partial charge in [-0.3, -0.25) is 14.9 Å². The summed E-state index contributed by atoms with van der Waals surface area (Å²) in [6.07, 6.45) is 1.27. The van der Waals surface area contributed by atoms with Gasteiger partial charge in [0.05, 0.1) is 37.7 Å². The predicted molar refractivity (Wildman–Crippen MR) is 97.9 cm³/mol. The minimum atomic E-state index is -0.663. The third-order valence-electron chi connectivity index (χ3n) is 5.55. The topological polar surface area (TPSA) is 82.6 Å². The van der Waals surface area contributed by atoms with E-state index in [1.807, 2.05) is 4.90 Å². The van der Waals surface area contributed by atoms with Crippen molar-refractivity contribution in [2.45, 2.75) is 25.4 Å². The van der Waals surface area contributed by atoms with E-state index in [1.54, 1.807) is 12.1 Å². The zero-order valence-electron chi connectivity index (χ0n) is 15.6. The highest BCUT2D eigenvalue weighted by molar-refractivity contribution is 5.90. The Morgan fingerprint density at radius 1 is 1.29 bits per heavy atom. The molecule has 0 spiro atoms. The molecule has 2 heterocycles. The number of halogens is 1. The molecule has 0 aromatic heterocycles. The van der Waals surface area contributed by atoms with Gasteiger partial charge in [0.25, 0.3) is 0 Å². The van der Waals surface area contributed by atoms with Crippen LogP contribution in [0.2, 0.25) is 0 Å². The van der Waals surface area contributed by atoms with Gasteiger partial charge in [-0.25, -0.2) is 14.2 Å². The molecular formula is C19H24FN3O5. The number of hydrogen-bond acceptors (Lipinski definition) is 6. The van der Waals surface area contributed by atoms with Gasteiger partial charge in [0.1, 0.15) is 11.9 Å². The molecule has 9 heteroatoms. The average Bonchev–Trinajstić information content (AvgIpc) is 3.01. The maximum atomic E-state index is 14.6. The molecule has 152 valence electrons. The molecule has 0 bridgehead atoms.